The molecule has 2 heterocycles. The molecule has 2 aromatic heterocycles. The molecular formula is C13H18FIN2OSi-. The molecule has 0 aliphatic rings. The summed E-state index contributed by atoms with van der Waals surface area (Å²) in [6.07, 6.45) is 3.16. The predicted molar refractivity (Wildman–Crippen MR) is 86.5 cm³/mol. The van der Waals surface area contributed by atoms with Gasteiger partial charge in [-0.1, -0.05) is 0 Å². The van der Waals surface area contributed by atoms with Crippen LogP contribution >= 0.6 is 22.6 Å². The van der Waals surface area contributed by atoms with Crippen LogP contribution in [0.25, 0.3) is 11.0 Å². The molecule has 0 aliphatic heterocycles. The van der Waals surface area contributed by atoms with Gasteiger partial charge in [-0.15, -0.1) is 14.1 Å². The summed E-state index contributed by atoms with van der Waals surface area (Å²) in [6, 6.07) is 3.03. The van der Waals surface area contributed by atoms with Gasteiger partial charge in [0.2, 0.25) is 0 Å². The van der Waals surface area contributed by atoms with Gasteiger partial charge in [-0.25, -0.2) is 9.37 Å². The molecule has 3 nitrogen and oxygen atoms in total. The number of nitrogens with zero attached hydrogens (tertiary/aromatic N) is 2. The Labute approximate surface area is 127 Å². The minimum atomic E-state index is -1.05. The summed E-state index contributed by atoms with van der Waals surface area (Å²) in [5.74, 6) is -0.273. The van der Waals surface area contributed by atoms with Crippen molar-refractivity contribution in [3.05, 3.63) is 27.8 Å². The number of hydrogen-bond acceptors (Lipinski definition) is 2. The maximum atomic E-state index is 13.4. The summed E-state index contributed by atoms with van der Waals surface area (Å²) in [5.41, 5.74) is 0.777. The molecule has 0 N–H and O–H groups in total. The zero-order valence-corrected chi connectivity index (χ0v) is 14.6. The highest BCUT2D eigenvalue weighted by atomic mass is 127. The van der Waals surface area contributed by atoms with E-state index in [1.54, 1.807) is 0 Å². The van der Waals surface area contributed by atoms with Crippen LogP contribution in [0.4, 0.5) is 4.39 Å². The number of fused-ring (bicyclic) bond motifs is 1. The van der Waals surface area contributed by atoms with Gasteiger partial charge >= 0.3 is 0 Å². The molecule has 19 heavy (non-hydrogen) atoms. The first-order chi connectivity index (χ1) is 8.88. The molecule has 0 unspecified atom stereocenters. The molecule has 0 amide bonds. The highest BCUT2D eigenvalue weighted by Gasteiger charge is 2.09. The van der Waals surface area contributed by atoms with E-state index in [0.717, 1.165) is 23.7 Å². The van der Waals surface area contributed by atoms with Gasteiger partial charge in [-0.3, -0.25) is 0 Å². The standard InChI is InChI=1S/C13H18FIN2OSi/c1-19(2,3)7-6-18-9-17-5-4-10-12(15)11(14)8-16-13(10)17/h4-5,8H,6-7,9H2,1-3H3/q-1. The van der Waals surface area contributed by atoms with Crippen LogP contribution < -0.4 is 0 Å². The number of pyridine rings is 1. The third-order valence-corrected chi connectivity index (χ3v) is 5.71. The molecule has 0 fully saturated rings. The fourth-order valence-corrected chi connectivity index (χ4v) is 3.04. The number of hydrogen-bond donors (Lipinski definition) is 0. The molecule has 0 radical (unpaired) electrons. The second kappa shape index (κ2) is 5.88. The van der Waals surface area contributed by atoms with E-state index >= 15 is 0 Å². The number of ether oxygens (including phenoxy) is 1. The summed E-state index contributed by atoms with van der Waals surface area (Å²) in [5, 5.41) is 0.842. The quantitative estimate of drug-likeness (QED) is 0.435. The molecule has 0 saturated carbocycles. The monoisotopic (exact) mass is 392 g/mol. The van der Waals surface area contributed by atoms with Crippen LogP contribution in [0, 0.1) is 9.39 Å². The van der Waals surface area contributed by atoms with E-state index in [1.165, 1.54) is 6.20 Å². The van der Waals surface area contributed by atoms with Crippen LogP contribution in [0.3, 0.4) is 0 Å². The summed E-state index contributed by atoms with van der Waals surface area (Å²) in [7, 11) is -1.05. The highest BCUT2D eigenvalue weighted by molar-refractivity contribution is 14.1. The van der Waals surface area contributed by atoms with E-state index in [2.05, 4.69) is 24.6 Å². The Morgan fingerprint density at radius 1 is 1.42 bits per heavy atom. The lowest BCUT2D eigenvalue weighted by Crippen LogP contribution is -2.22. The van der Waals surface area contributed by atoms with Crippen molar-refractivity contribution in [2.45, 2.75) is 32.4 Å². The Morgan fingerprint density at radius 3 is 2.84 bits per heavy atom. The number of aromatic nitrogens is 2. The van der Waals surface area contributed by atoms with Gasteiger partial charge in [0.1, 0.15) is 12.4 Å². The van der Waals surface area contributed by atoms with E-state index < -0.39 is 8.07 Å². The Bertz CT molecular complexity index is 580. The molecular weight excluding hydrogens is 374 g/mol. The van der Waals surface area contributed by atoms with Crippen molar-refractivity contribution in [2.75, 3.05) is 6.61 Å². The maximum absolute atomic E-state index is 13.4. The van der Waals surface area contributed by atoms with E-state index in [1.807, 2.05) is 39.4 Å². The highest BCUT2D eigenvalue weighted by Crippen LogP contribution is 2.22. The fraction of sp³-hybridized carbons (Fsp3) is 0.462. The smallest absolute Gasteiger partial charge is 0.155 e. The molecule has 0 atom stereocenters. The van der Waals surface area contributed by atoms with Crippen molar-refractivity contribution in [1.82, 2.24) is 9.55 Å². The molecule has 6 heteroatoms. The second-order valence-corrected chi connectivity index (χ2v) is 12.5. The molecule has 2 aromatic rings. The topological polar surface area (TPSA) is 27.1 Å². The average molecular weight is 392 g/mol. The molecule has 105 valence electrons. The van der Waals surface area contributed by atoms with Crippen LogP contribution in [0.5, 0.6) is 0 Å². The Hall–Kier alpha value is -0.473. The molecule has 0 saturated heterocycles. The van der Waals surface area contributed by atoms with E-state index in [4.69, 9.17) is 4.74 Å². The molecule has 0 spiro atoms. The van der Waals surface area contributed by atoms with Crippen LogP contribution in [0.15, 0.2) is 18.5 Å². The van der Waals surface area contributed by atoms with Crippen LogP contribution in [-0.2, 0) is 11.5 Å². The van der Waals surface area contributed by atoms with Crippen LogP contribution in [0.2, 0.25) is 25.7 Å². The van der Waals surface area contributed by atoms with Gasteiger partial charge in [-0.05, 0) is 28.7 Å². The predicted octanol–water partition coefficient (Wildman–Crippen LogP) is 4.09. The molecule has 0 bridgehead atoms. The minimum absolute atomic E-state index is 0.273. The fourth-order valence-electron chi connectivity index (χ4n) is 1.73. The molecule has 0 aromatic carbocycles. The van der Waals surface area contributed by atoms with Gasteiger partial charge in [0.25, 0.3) is 0 Å². The first-order valence-electron chi connectivity index (χ1n) is 6.25. The summed E-state index contributed by atoms with van der Waals surface area (Å²) in [6.45, 7) is 8.23. The van der Waals surface area contributed by atoms with Crippen LogP contribution in [-0.4, -0.2) is 24.2 Å². The average Bonchev–Trinajstić information content (AvgIpc) is 2.72. The first kappa shape index (κ1) is 14.9. The van der Waals surface area contributed by atoms with Crippen molar-refractivity contribution in [3.8, 4) is 0 Å². The van der Waals surface area contributed by atoms with Gasteiger partial charge in [0, 0.05) is 18.2 Å². The number of rotatable bonds is 5. The summed E-state index contributed by atoms with van der Waals surface area (Å²) < 4.78 is 21.6. The van der Waals surface area contributed by atoms with Gasteiger partial charge in [-0.2, -0.15) is 19.6 Å². The largest absolute Gasteiger partial charge is 0.364 e. The normalized spacial score (nSPS) is 12.3. The van der Waals surface area contributed by atoms with Gasteiger partial charge < -0.3 is 9.30 Å². The maximum Gasteiger partial charge on any atom is 0.155 e. The third kappa shape index (κ3) is 3.76. The Morgan fingerprint density at radius 2 is 2.16 bits per heavy atom. The van der Waals surface area contributed by atoms with Crippen molar-refractivity contribution in [1.29, 1.82) is 0 Å². The summed E-state index contributed by atoms with van der Waals surface area (Å²) in [4.78, 5) is 4.14. The Kier molecular flexibility index (Phi) is 4.62. The lowest BCUT2D eigenvalue weighted by Gasteiger charge is -2.26. The zero-order valence-electron chi connectivity index (χ0n) is 11.4. The SMILES string of the molecule is C[Si-](C)(C)CCOCn1ccc2c(I)c(F)cnc21. The molecule has 0 aliphatic carbocycles. The van der Waals surface area contributed by atoms with Gasteiger partial charge in [0.15, 0.2) is 5.82 Å². The molecule has 2 rings (SSSR count). The third-order valence-electron chi connectivity index (χ3n) is 2.91. The van der Waals surface area contributed by atoms with E-state index in [-0.39, 0.29) is 5.82 Å². The van der Waals surface area contributed by atoms with Crippen LogP contribution in [0.1, 0.15) is 0 Å². The van der Waals surface area contributed by atoms with Crippen molar-refractivity contribution in [2.24, 2.45) is 0 Å². The second-order valence-electron chi connectivity index (χ2n) is 5.79. The first-order valence-corrected chi connectivity index (χ1v) is 11.0. The lowest BCUT2D eigenvalue weighted by molar-refractivity contribution is 0.0899. The zero-order chi connectivity index (χ0) is 14.0. The van der Waals surface area contributed by atoms with Crippen molar-refractivity contribution in [3.63, 3.8) is 0 Å². The Balaban J connectivity index is 2.04. The van der Waals surface area contributed by atoms with E-state index in [0.29, 0.717) is 10.3 Å². The van der Waals surface area contributed by atoms with Crippen molar-refractivity contribution >= 4 is 41.7 Å². The number of halogens is 2. The summed E-state index contributed by atoms with van der Waals surface area (Å²) >= 11 is 2.01. The minimum Gasteiger partial charge on any atom is -0.364 e. The van der Waals surface area contributed by atoms with Crippen molar-refractivity contribution < 1.29 is 9.13 Å². The van der Waals surface area contributed by atoms with E-state index in [9.17, 15) is 4.39 Å². The lowest BCUT2D eigenvalue weighted by atomic mass is 10.3. The van der Waals surface area contributed by atoms with Gasteiger partial charge in [0.05, 0.1) is 9.77 Å².